The zero-order valence-corrected chi connectivity index (χ0v) is 18.1. The molecule has 5 unspecified atom stereocenters. The molecule has 4 rings (SSSR count). The van der Waals surface area contributed by atoms with Crippen LogP contribution in [-0.4, -0.2) is 64.4 Å². The Morgan fingerprint density at radius 3 is 2.52 bits per heavy atom. The van der Waals surface area contributed by atoms with E-state index in [1.165, 1.54) is 19.3 Å². The van der Waals surface area contributed by atoms with E-state index in [9.17, 15) is 18.2 Å². The molecular formula is C21H33FN2O4S. The zero-order chi connectivity index (χ0) is 20.6. The molecule has 0 aromatic heterocycles. The van der Waals surface area contributed by atoms with E-state index < -0.39 is 21.3 Å². The Balaban J connectivity index is 1.39. The lowest BCUT2D eigenvalue weighted by Crippen LogP contribution is -2.51. The highest BCUT2D eigenvalue weighted by Gasteiger charge is 2.45. The van der Waals surface area contributed by atoms with Crippen molar-refractivity contribution in [2.24, 2.45) is 28.0 Å². The van der Waals surface area contributed by atoms with Crippen LogP contribution in [0.25, 0.3) is 0 Å². The average molecular weight is 429 g/mol. The second kappa shape index (κ2) is 8.25. The highest BCUT2D eigenvalue weighted by Crippen LogP contribution is 2.35. The predicted octanol–water partition coefficient (Wildman–Crippen LogP) is 2.80. The van der Waals surface area contributed by atoms with Crippen LogP contribution in [0, 0.1) is 23.7 Å². The minimum Gasteiger partial charge on any atom is -0.377 e. The Labute approximate surface area is 173 Å². The summed E-state index contributed by atoms with van der Waals surface area (Å²) in [6.07, 6.45) is 6.34. The van der Waals surface area contributed by atoms with Gasteiger partial charge in [0.25, 0.3) is 5.91 Å². The summed E-state index contributed by atoms with van der Waals surface area (Å²) in [5.74, 6) is 1.11. The van der Waals surface area contributed by atoms with E-state index in [-0.39, 0.29) is 48.9 Å². The molecule has 1 aliphatic carbocycles. The van der Waals surface area contributed by atoms with Gasteiger partial charge >= 0.3 is 0 Å². The molecule has 0 aromatic rings. The summed E-state index contributed by atoms with van der Waals surface area (Å²) >= 11 is 0. The van der Waals surface area contributed by atoms with E-state index >= 15 is 0 Å². The van der Waals surface area contributed by atoms with Crippen LogP contribution in [0.4, 0.5) is 4.39 Å². The van der Waals surface area contributed by atoms with Crippen molar-refractivity contribution in [3.63, 3.8) is 0 Å². The summed E-state index contributed by atoms with van der Waals surface area (Å²) in [5.41, 5.74) is -2.12. The van der Waals surface area contributed by atoms with Gasteiger partial charge in [-0.2, -0.15) is 4.36 Å². The summed E-state index contributed by atoms with van der Waals surface area (Å²) < 4.78 is 36.8. The fourth-order valence-electron chi connectivity index (χ4n) is 5.63. The van der Waals surface area contributed by atoms with E-state index in [1.807, 2.05) is 4.90 Å². The molecule has 0 spiro atoms. The Hall–Kier alpha value is -1.02. The Kier molecular flexibility index (Phi) is 6.04. The summed E-state index contributed by atoms with van der Waals surface area (Å²) in [6.45, 7) is 3.32. The smallest absolute Gasteiger partial charge is 0.293 e. The highest BCUT2D eigenvalue weighted by atomic mass is 32.2. The summed E-state index contributed by atoms with van der Waals surface area (Å²) in [5, 5.41) is 0. The molecule has 3 heterocycles. The third kappa shape index (κ3) is 4.68. The first-order valence-electron chi connectivity index (χ1n) is 11.1. The Bertz CT molecular complexity index is 753. The van der Waals surface area contributed by atoms with Gasteiger partial charge in [-0.25, -0.2) is 8.60 Å². The molecule has 29 heavy (non-hydrogen) atoms. The van der Waals surface area contributed by atoms with Gasteiger partial charge in [0.15, 0.2) is 0 Å². The molecule has 6 nitrogen and oxygen atoms in total. The number of rotatable bonds is 3. The van der Waals surface area contributed by atoms with Crippen LogP contribution < -0.4 is 0 Å². The van der Waals surface area contributed by atoms with Crippen LogP contribution in [0.3, 0.4) is 0 Å². The van der Waals surface area contributed by atoms with Gasteiger partial charge in [0, 0.05) is 37.4 Å². The van der Waals surface area contributed by atoms with E-state index in [1.54, 1.807) is 0 Å². The van der Waals surface area contributed by atoms with Gasteiger partial charge in [0.2, 0.25) is 11.6 Å². The molecular weight excluding hydrogens is 395 g/mol. The Morgan fingerprint density at radius 1 is 1.21 bits per heavy atom. The number of amides is 2. The van der Waals surface area contributed by atoms with Crippen LogP contribution in [0.15, 0.2) is 4.36 Å². The number of ether oxygens (including phenoxy) is 1. The first kappa shape index (κ1) is 21.2. The topological polar surface area (TPSA) is 76.0 Å². The lowest BCUT2D eigenvalue weighted by Gasteiger charge is -2.43. The second-order valence-electron chi connectivity index (χ2n) is 9.76. The number of carbonyl (C=O) groups is 2. The third-order valence-electron chi connectivity index (χ3n) is 7.30. The minimum absolute atomic E-state index is 0.0143. The number of hydrogen-bond donors (Lipinski definition) is 0. The van der Waals surface area contributed by atoms with Crippen molar-refractivity contribution in [2.45, 2.75) is 57.5 Å². The number of hydrogen-bond acceptors (Lipinski definition) is 4. The van der Waals surface area contributed by atoms with Gasteiger partial charge in [0.1, 0.15) is 0 Å². The first-order chi connectivity index (χ1) is 13.8. The van der Waals surface area contributed by atoms with Gasteiger partial charge in [-0.15, -0.1) is 0 Å². The SMILES string of the molecule is CC1CCCCC1CC(=O)N1CC2CC(C1)CS(=O)(=NC(=O)C1(F)CCOC1)C2. The average Bonchev–Trinajstić information content (AvgIpc) is 3.10. The number of carbonyl (C=O) groups excluding carboxylic acids is 2. The summed E-state index contributed by atoms with van der Waals surface area (Å²) in [4.78, 5) is 27.2. The van der Waals surface area contributed by atoms with Crippen LogP contribution in [0.5, 0.6) is 0 Å². The molecule has 2 amide bonds. The molecule has 0 N–H and O–H groups in total. The van der Waals surface area contributed by atoms with Crippen molar-refractivity contribution < 1.29 is 22.9 Å². The quantitative estimate of drug-likeness (QED) is 0.693. The van der Waals surface area contributed by atoms with Crippen molar-refractivity contribution >= 4 is 21.5 Å². The Morgan fingerprint density at radius 2 is 1.90 bits per heavy atom. The number of piperidine rings is 1. The van der Waals surface area contributed by atoms with E-state index in [0.29, 0.717) is 31.3 Å². The van der Waals surface area contributed by atoms with Gasteiger partial charge in [-0.1, -0.05) is 26.2 Å². The minimum atomic E-state index is -2.77. The van der Waals surface area contributed by atoms with Crippen LogP contribution >= 0.6 is 0 Å². The summed E-state index contributed by atoms with van der Waals surface area (Å²) in [6, 6.07) is 0. The van der Waals surface area contributed by atoms with Crippen molar-refractivity contribution in [1.82, 2.24) is 4.90 Å². The zero-order valence-electron chi connectivity index (χ0n) is 17.3. The maximum absolute atomic E-state index is 14.6. The first-order valence-corrected chi connectivity index (χ1v) is 12.9. The molecule has 0 aromatic carbocycles. The summed E-state index contributed by atoms with van der Waals surface area (Å²) in [7, 11) is -2.77. The normalized spacial score (nSPS) is 42.5. The monoisotopic (exact) mass is 428 g/mol. The van der Waals surface area contributed by atoms with Gasteiger partial charge in [0.05, 0.1) is 22.9 Å². The van der Waals surface area contributed by atoms with E-state index in [2.05, 4.69) is 11.3 Å². The van der Waals surface area contributed by atoms with E-state index in [4.69, 9.17) is 4.74 Å². The molecule has 5 atom stereocenters. The molecule has 0 radical (unpaired) electrons. The maximum Gasteiger partial charge on any atom is 0.293 e. The van der Waals surface area contributed by atoms with Crippen LogP contribution in [-0.2, 0) is 24.1 Å². The molecule has 1 saturated carbocycles. The maximum atomic E-state index is 14.6. The standard InChI is InChI=1S/C21H33FN2O4S/c1-15-4-2-3-5-18(15)9-19(25)24-10-16-8-17(11-24)13-29(27,12-16)23-20(26)21(22)6-7-28-14-21/h15-18H,2-14H2,1H3. The predicted molar refractivity (Wildman–Crippen MR) is 109 cm³/mol. The number of halogens is 1. The van der Waals surface area contributed by atoms with Crippen molar-refractivity contribution in [3.05, 3.63) is 0 Å². The van der Waals surface area contributed by atoms with Crippen molar-refractivity contribution in [2.75, 3.05) is 37.8 Å². The lowest BCUT2D eigenvalue weighted by atomic mass is 9.78. The van der Waals surface area contributed by atoms with Gasteiger partial charge < -0.3 is 9.64 Å². The van der Waals surface area contributed by atoms with E-state index in [0.717, 1.165) is 12.8 Å². The van der Waals surface area contributed by atoms with Gasteiger partial charge in [-0.3, -0.25) is 9.59 Å². The molecule has 3 saturated heterocycles. The van der Waals surface area contributed by atoms with Crippen LogP contribution in [0.1, 0.15) is 51.9 Å². The number of alkyl halides is 1. The largest absolute Gasteiger partial charge is 0.377 e. The van der Waals surface area contributed by atoms with Crippen molar-refractivity contribution in [1.29, 1.82) is 0 Å². The lowest BCUT2D eigenvalue weighted by molar-refractivity contribution is -0.135. The third-order valence-corrected chi connectivity index (χ3v) is 9.78. The van der Waals surface area contributed by atoms with Crippen LogP contribution in [0.2, 0.25) is 0 Å². The van der Waals surface area contributed by atoms with Crippen molar-refractivity contribution in [3.8, 4) is 0 Å². The fourth-order valence-corrected chi connectivity index (χ4v) is 8.34. The second-order valence-corrected chi connectivity index (χ2v) is 12.2. The molecule has 4 aliphatic rings. The number of fused-ring (bicyclic) bond motifs is 2. The molecule has 3 aliphatic heterocycles. The molecule has 2 bridgehead atoms. The molecule has 4 fully saturated rings. The molecule has 164 valence electrons. The highest BCUT2D eigenvalue weighted by molar-refractivity contribution is 7.93. The molecule has 8 heteroatoms. The number of likely N-dealkylation sites (tertiary alicyclic amines) is 1. The fraction of sp³-hybridized carbons (Fsp3) is 0.905. The van der Waals surface area contributed by atoms with Gasteiger partial charge in [-0.05, 0) is 36.5 Å². The number of nitrogens with zero attached hydrogens (tertiary/aromatic N) is 2.